The van der Waals surface area contributed by atoms with Crippen molar-refractivity contribution in [3.63, 3.8) is 0 Å². The van der Waals surface area contributed by atoms with E-state index in [4.69, 9.17) is 13.6 Å². The van der Waals surface area contributed by atoms with Crippen LogP contribution in [0.25, 0.3) is 27.9 Å². The molecule has 4 aromatic heterocycles. The van der Waals surface area contributed by atoms with E-state index in [2.05, 4.69) is 35.9 Å². The topological polar surface area (TPSA) is 128 Å². The predicted octanol–water partition coefficient (Wildman–Crippen LogP) is 2.54. The van der Waals surface area contributed by atoms with Crippen molar-refractivity contribution in [3.8, 4) is 17.1 Å². The molecule has 34 heavy (non-hydrogen) atoms. The van der Waals surface area contributed by atoms with Crippen molar-refractivity contribution in [1.82, 2.24) is 29.8 Å². The lowest BCUT2D eigenvalue weighted by Crippen LogP contribution is -2.51. The van der Waals surface area contributed by atoms with Crippen LogP contribution in [-0.2, 0) is 9.53 Å². The third-order valence-corrected chi connectivity index (χ3v) is 6.17. The number of ether oxygens (including phenoxy) is 2. The van der Waals surface area contributed by atoms with Crippen molar-refractivity contribution >= 4 is 34.1 Å². The van der Waals surface area contributed by atoms with E-state index >= 15 is 0 Å². The van der Waals surface area contributed by atoms with Crippen molar-refractivity contribution < 1.29 is 18.4 Å². The zero-order chi connectivity index (χ0) is 25.9. The summed E-state index contributed by atoms with van der Waals surface area (Å²) in [5.41, 5.74) is 0.920. The number of fused-ring (bicyclic) bond motifs is 2. The SMILES string of the molecule is [2H]C([2H])([2H])Nc1ncc(-c2nc3ccc(OC4(C)COC4)cn3n2)c2cc(NC(=O)[C@H]3C[C@H]3C)nnc12. The fourth-order valence-electron chi connectivity index (χ4n) is 4.04. The second-order valence-electron chi connectivity index (χ2n) is 9.09. The van der Waals surface area contributed by atoms with E-state index in [1.807, 2.05) is 19.9 Å². The highest BCUT2D eigenvalue weighted by Gasteiger charge is 2.39. The Bertz CT molecular complexity index is 1540. The van der Waals surface area contributed by atoms with E-state index in [0.717, 1.165) is 6.42 Å². The van der Waals surface area contributed by atoms with Gasteiger partial charge in [-0.15, -0.1) is 15.3 Å². The first kappa shape index (κ1) is 17.6. The van der Waals surface area contributed by atoms with Crippen LogP contribution in [0.3, 0.4) is 0 Å². The fraction of sp³-hybridized carbons (Fsp3) is 0.391. The molecule has 1 saturated heterocycles. The van der Waals surface area contributed by atoms with Crippen LogP contribution >= 0.6 is 0 Å². The molecule has 2 N–H and O–H groups in total. The molecule has 2 aliphatic rings. The Labute approximate surface area is 199 Å². The van der Waals surface area contributed by atoms with Crippen LogP contribution in [0.2, 0.25) is 0 Å². The molecule has 0 bridgehead atoms. The second kappa shape index (κ2) is 7.59. The van der Waals surface area contributed by atoms with Gasteiger partial charge in [0.05, 0.1) is 19.4 Å². The van der Waals surface area contributed by atoms with Gasteiger partial charge in [-0.2, -0.15) is 0 Å². The maximum Gasteiger partial charge on any atom is 0.228 e. The highest BCUT2D eigenvalue weighted by Crippen LogP contribution is 2.38. The van der Waals surface area contributed by atoms with Gasteiger partial charge in [0.1, 0.15) is 11.3 Å². The van der Waals surface area contributed by atoms with Gasteiger partial charge in [0.15, 0.2) is 28.7 Å². The second-order valence-corrected chi connectivity index (χ2v) is 9.09. The summed E-state index contributed by atoms with van der Waals surface area (Å²) >= 11 is 0. The van der Waals surface area contributed by atoms with Crippen LogP contribution in [0, 0.1) is 11.8 Å². The number of carbonyl (C=O) groups is 1. The number of nitrogens with zero attached hydrogens (tertiary/aromatic N) is 6. The van der Waals surface area contributed by atoms with Crippen molar-refractivity contribution in [1.29, 1.82) is 0 Å². The average molecular weight is 464 g/mol. The number of carbonyl (C=O) groups excluding carboxylic acids is 1. The Morgan fingerprint density at radius 1 is 1.35 bits per heavy atom. The Hall–Kier alpha value is -3.86. The van der Waals surface area contributed by atoms with Gasteiger partial charge >= 0.3 is 0 Å². The molecule has 0 radical (unpaired) electrons. The zero-order valence-electron chi connectivity index (χ0n) is 21.6. The number of nitrogens with one attached hydrogen (secondary N) is 2. The summed E-state index contributed by atoms with van der Waals surface area (Å²) in [5, 5.41) is 18.6. The molecule has 1 aliphatic carbocycles. The molecule has 11 nitrogen and oxygen atoms in total. The maximum atomic E-state index is 12.5. The molecule has 174 valence electrons. The van der Waals surface area contributed by atoms with E-state index in [1.54, 1.807) is 22.8 Å². The van der Waals surface area contributed by atoms with Crippen LogP contribution in [0.4, 0.5) is 11.6 Å². The van der Waals surface area contributed by atoms with Crippen LogP contribution in [0.5, 0.6) is 5.75 Å². The summed E-state index contributed by atoms with van der Waals surface area (Å²) in [6.45, 7) is 2.53. The smallest absolute Gasteiger partial charge is 0.228 e. The summed E-state index contributed by atoms with van der Waals surface area (Å²) in [6, 6.07) is 5.23. The van der Waals surface area contributed by atoms with Gasteiger partial charge in [-0.05, 0) is 37.5 Å². The number of amides is 1. The Balaban J connectivity index is 1.40. The Morgan fingerprint density at radius 3 is 2.94 bits per heavy atom. The monoisotopic (exact) mass is 463 g/mol. The zero-order valence-corrected chi connectivity index (χ0v) is 18.6. The lowest BCUT2D eigenvalue weighted by Gasteiger charge is -2.37. The molecule has 0 spiro atoms. The minimum atomic E-state index is -2.49. The van der Waals surface area contributed by atoms with Gasteiger partial charge in [-0.3, -0.25) is 4.79 Å². The van der Waals surface area contributed by atoms with E-state index in [-0.39, 0.29) is 34.6 Å². The van der Waals surface area contributed by atoms with Gasteiger partial charge in [-0.1, -0.05) is 6.92 Å². The van der Waals surface area contributed by atoms with Crippen LogP contribution in [-0.4, -0.2) is 61.5 Å². The maximum absolute atomic E-state index is 12.5. The molecule has 4 aromatic rings. The molecule has 5 heterocycles. The summed E-state index contributed by atoms with van der Waals surface area (Å²) in [7, 11) is 0. The van der Waals surface area contributed by atoms with Crippen LogP contribution in [0.15, 0.2) is 30.6 Å². The summed E-state index contributed by atoms with van der Waals surface area (Å²) < 4.78 is 35.6. The number of aromatic nitrogens is 6. The van der Waals surface area contributed by atoms with E-state index < -0.39 is 6.98 Å². The molecule has 2 atom stereocenters. The molecule has 0 aromatic carbocycles. The van der Waals surface area contributed by atoms with Crippen LogP contribution < -0.4 is 15.4 Å². The van der Waals surface area contributed by atoms with E-state index in [0.29, 0.717) is 47.3 Å². The molecule has 1 saturated carbocycles. The molecular formula is C23H24N8O3. The van der Waals surface area contributed by atoms with Gasteiger partial charge in [0, 0.05) is 34.2 Å². The Kier molecular flexibility index (Phi) is 3.93. The first-order chi connectivity index (χ1) is 17.6. The normalized spacial score (nSPS) is 22.4. The molecule has 11 heteroatoms. The minimum Gasteiger partial charge on any atom is -0.481 e. The lowest BCUT2D eigenvalue weighted by atomic mass is 10.1. The van der Waals surface area contributed by atoms with Crippen LogP contribution in [0.1, 0.15) is 24.4 Å². The third kappa shape index (κ3) is 3.58. The van der Waals surface area contributed by atoms with Gasteiger partial charge in [0.25, 0.3) is 0 Å². The van der Waals surface area contributed by atoms with Gasteiger partial charge in [-0.25, -0.2) is 14.5 Å². The van der Waals surface area contributed by atoms with Crippen molar-refractivity contribution in [2.24, 2.45) is 11.8 Å². The Morgan fingerprint density at radius 2 is 2.21 bits per heavy atom. The lowest BCUT2D eigenvalue weighted by molar-refractivity contribution is -0.150. The summed E-state index contributed by atoms with van der Waals surface area (Å²) in [6.07, 6.45) is 4.04. The number of rotatable bonds is 6. The first-order valence-electron chi connectivity index (χ1n) is 12.5. The quantitative estimate of drug-likeness (QED) is 0.443. The number of hydrogen-bond acceptors (Lipinski definition) is 9. The third-order valence-electron chi connectivity index (χ3n) is 6.17. The van der Waals surface area contributed by atoms with Gasteiger partial charge < -0.3 is 20.1 Å². The molecular weight excluding hydrogens is 436 g/mol. The largest absolute Gasteiger partial charge is 0.481 e. The number of pyridine rings is 2. The molecule has 2 fully saturated rings. The van der Waals surface area contributed by atoms with Crippen molar-refractivity contribution in [3.05, 3.63) is 30.6 Å². The van der Waals surface area contributed by atoms with Crippen molar-refractivity contribution in [2.45, 2.75) is 25.9 Å². The predicted molar refractivity (Wildman–Crippen MR) is 125 cm³/mol. The summed E-state index contributed by atoms with van der Waals surface area (Å²) in [4.78, 5) is 21.4. The van der Waals surface area contributed by atoms with E-state index in [9.17, 15) is 4.79 Å². The molecule has 0 unspecified atom stereocenters. The van der Waals surface area contributed by atoms with E-state index in [1.165, 1.54) is 6.20 Å². The first-order valence-corrected chi connectivity index (χ1v) is 11.0. The average Bonchev–Trinajstić information content (AvgIpc) is 3.40. The minimum absolute atomic E-state index is 0.0374. The fourth-order valence-corrected chi connectivity index (χ4v) is 4.04. The van der Waals surface area contributed by atoms with Gasteiger partial charge in [0.2, 0.25) is 5.91 Å². The summed E-state index contributed by atoms with van der Waals surface area (Å²) in [5.74, 6) is 1.41. The highest BCUT2D eigenvalue weighted by molar-refractivity contribution is 6.01. The van der Waals surface area contributed by atoms with Crippen molar-refractivity contribution in [2.75, 3.05) is 30.8 Å². The highest BCUT2D eigenvalue weighted by atomic mass is 16.6. The number of anilines is 2. The molecule has 1 amide bonds. The standard InChI is InChI=1S/C23H24N8O3/c1-12-6-14(12)22(32)26-17-7-15-16(8-25-21(24-3)19(15)29-28-17)20-27-18-5-4-13(9-31(18)30-20)34-23(2)10-33-11-23/h4-5,7-9,12,14H,6,10-11H2,1-3H3,(H,24,25)(H,26,28,32)/t12-,14+/m1/s1/i3D3. The molecule has 6 rings (SSSR count). The number of hydrogen-bond donors (Lipinski definition) is 2. The molecule has 1 aliphatic heterocycles.